The Morgan fingerprint density at radius 2 is 1.94 bits per heavy atom. The zero-order chi connectivity index (χ0) is 10.5. The normalized spacial score (nSPS) is 38.2. The van der Waals surface area contributed by atoms with E-state index in [9.17, 15) is 4.79 Å². The van der Waals surface area contributed by atoms with E-state index in [4.69, 9.17) is 4.74 Å². The molecule has 4 bridgehead atoms. The molecule has 1 unspecified atom stereocenters. The van der Waals surface area contributed by atoms with Crippen molar-refractivity contribution in [1.29, 1.82) is 0 Å². The Hall–Kier alpha value is 0.823. The number of halogens is 1. The molecule has 0 aromatic heterocycles. The van der Waals surface area contributed by atoms with Gasteiger partial charge >= 0.3 is 5.97 Å². The van der Waals surface area contributed by atoms with Crippen LogP contribution in [0.4, 0.5) is 0 Å². The van der Waals surface area contributed by atoms with Crippen molar-refractivity contribution in [2.45, 2.75) is 45.4 Å². The molecular formula is C13H19IO2Zn-. The Morgan fingerprint density at radius 3 is 2.41 bits per heavy atom. The SMILES string of the molecule is CCOC(=O)C12C[C]3C[C@H](C[C@H](C3)C1)C2.[I-].[Zn]. The van der Waals surface area contributed by atoms with Crippen LogP contribution in [0.3, 0.4) is 0 Å². The number of rotatable bonds is 2. The third-order valence-corrected chi connectivity index (χ3v) is 4.48. The molecule has 0 aliphatic heterocycles. The maximum Gasteiger partial charge on any atom is 0.312 e. The van der Waals surface area contributed by atoms with E-state index in [0.29, 0.717) is 6.61 Å². The summed E-state index contributed by atoms with van der Waals surface area (Å²) in [5.74, 6) is 3.34. The first-order valence-electron chi connectivity index (χ1n) is 6.22. The quantitative estimate of drug-likeness (QED) is 0.363. The second-order valence-electron chi connectivity index (χ2n) is 5.71. The van der Waals surface area contributed by atoms with Gasteiger partial charge in [0.25, 0.3) is 0 Å². The second-order valence-corrected chi connectivity index (χ2v) is 5.71. The Morgan fingerprint density at radius 1 is 1.35 bits per heavy atom. The first-order valence-corrected chi connectivity index (χ1v) is 6.22. The average Bonchev–Trinajstić information content (AvgIpc) is 2.15. The van der Waals surface area contributed by atoms with Crippen LogP contribution in [-0.2, 0) is 29.0 Å². The standard InChI is InChI=1S/C13H19O2.HI.Zn/c1-2-15-12(14)13-6-9-3-10(7-13)5-11(4-9)8-13;;/h9-10H,2-8H2,1H3;1H;/p-1/t9-,10+,13?;;. The van der Waals surface area contributed by atoms with Gasteiger partial charge in [-0.3, -0.25) is 4.79 Å². The van der Waals surface area contributed by atoms with E-state index in [1.807, 2.05) is 6.92 Å². The molecule has 4 saturated carbocycles. The third kappa shape index (κ3) is 2.73. The first-order chi connectivity index (χ1) is 7.22. The molecule has 17 heavy (non-hydrogen) atoms. The molecule has 0 heterocycles. The summed E-state index contributed by atoms with van der Waals surface area (Å²) in [6.45, 7) is 2.44. The fourth-order valence-corrected chi connectivity index (χ4v) is 4.33. The maximum absolute atomic E-state index is 12.1. The summed E-state index contributed by atoms with van der Waals surface area (Å²) in [4.78, 5) is 12.1. The molecule has 0 amide bonds. The molecule has 93 valence electrons. The first kappa shape index (κ1) is 15.9. The predicted octanol–water partition coefficient (Wildman–Crippen LogP) is -0.274. The van der Waals surface area contributed by atoms with Gasteiger partial charge < -0.3 is 28.7 Å². The van der Waals surface area contributed by atoms with E-state index in [1.165, 1.54) is 19.3 Å². The van der Waals surface area contributed by atoms with Crippen molar-refractivity contribution < 1.29 is 53.0 Å². The Balaban J connectivity index is 0.000000722. The van der Waals surface area contributed by atoms with Crippen molar-refractivity contribution in [2.24, 2.45) is 17.3 Å². The zero-order valence-corrected chi connectivity index (χ0v) is 15.6. The van der Waals surface area contributed by atoms with Gasteiger partial charge in [-0.2, -0.15) is 0 Å². The van der Waals surface area contributed by atoms with E-state index in [2.05, 4.69) is 0 Å². The van der Waals surface area contributed by atoms with Gasteiger partial charge in [0.15, 0.2) is 0 Å². The molecule has 1 radical (unpaired) electrons. The van der Waals surface area contributed by atoms with Crippen molar-refractivity contribution in [3.8, 4) is 0 Å². The van der Waals surface area contributed by atoms with Gasteiger partial charge in [0.2, 0.25) is 0 Å². The molecule has 0 saturated heterocycles. The van der Waals surface area contributed by atoms with Gasteiger partial charge in [0, 0.05) is 19.5 Å². The van der Waals surface area contributed by atoms with Gasteiger partial charge in [-0.05, 0) is 63.2 Å². The summed E-state index contributed by atoms with van der Waals surface area (Å²) in [7, 11) is 0. The maximum atomic E-state index is 12.1. The van der Waals surface area contributed by atoms with E-state index in [0.717, 1.165) is 31.1 Å². The molecule has 2 nitrogen and oxygen atoms in total. The number of hydrogen-bond acceptors (Lipinski definition) is 2. The molecule has 4 rings (SSSR count). The van der Waals surface area contributed by atoms with Crippen molar-refractivity contribution in [1.82, 2.24) is 0 Å². The number of hydrogen-bond donors (Lipinski definition) is 0. The number of carbonyl (C=O) groups excluding carboxylic acids is 1. The van der Waals surface area contributed by atoms with E-state index >= 15 is 0 Å². The van der Waals surface area contributed by atoms with Crippen molar-refractivity contribution in [3.63, 3.8) is 0 Å². The second kappa shape index (κ2) is 5.85. The molecule has 0 aromatic rings. The minimum Gasteiger partial charge on any atom is -1.00 e. The fraction of sp³-hybridized carbons (Fsp3) is 0.846. The van der Waals surface area contributed by atoms with Crippen LogP contribution in [0.15, 0.2) is 0 Å². The van der Waals surface area contributed by atoms with Crippen molar-refractivity contribution in [2.75, 3.05) is 6.61 Å². The summed E-state index contributed by atoms with van der Waals surface area (Å²) in [5.41, 5.74) is -0.0879. The molecule has 0 N–H and O–H groups in total. The fourth-order valence-electron chi connectivity index (χ4n) is 4.33. The number of carbonyl (C=O) groups is 1. The minimum atomic E-state index is -0.0879. The molecular weight excluding hydrogens is 380 g/mol. The van der Waals surface area contributed by atoms with Crippen LogP contribution >= 0.6 is 0 Å². The van der Waals surface area contributed by atoms with Gasteiger partial charge in [0.1, 0.15) is 0 Å². The van der Waals surface area contributed by atoms with E-state index in [1.54, 1.807) is 5.92 Å². The zero-order valence-electron chi connectivity index (χ0n) is 10.5. The van der Waals surface area contributed by atoms with Crippen LogP contribution in [0.5, 0.6) is 0 Å². The van der Waals surface area contributed by atoms with E-state index < -0.39 is 0 Å². The summed E-state index contributed by atoms with van der Waals surface area (Å²) in [5, 5.41) is 0. The summed E-state index contributed by atoms with van der Waals surface area (Å²) in [6, 6.07) is 0. The monoisotopic (exact) mass is 398 g/mol. The molecule has 4 fully saturated rings. The van der Waals surface area contributed by atoms with Crippen LogP contribution in [-0.4, -0.2) is 12.6 Å². The number of esters is 1. The Bertz CT molecular complexity index is 258. The Labute approximate surface area is 133 Å². The van der Waals surface area contributed by atoms with Crippen molar-refractivity contribution >= 4 is 5.97 Å². The van der Waals surface area contributed by atoms with Gasteiger partial charge in [-0.15, -0.1) is 0 Å². The predicted molar refractivity (Wildman–Crippen MR) is 57.0 cm³/mol. The van der Waals surface area contributed by atoms with Crippen LogP contribution in [0.25, 0.3) is 0 Å². The molecule has 0 spiro atoms. The Kier molecular flexibility index (Phi) is 5.47. The third-order valence-electron chi connectivity index (χ3n) is 4.48. The van der Waals surface area contributed by atoms with Crippen LogP contribution < -0.4 is 24.0 Å². The summed E-state index contributed by atoms with van der Waals surface area (Å²) >= 11 is 0. The molecule has 4 aliphatic carbocycles. The molecule has 3 atom stereocenters. The molecule has 0 aromatic carbocycles. The van der Waals surface area contributed by atoms with Crippen LogP contribution in [0.2, 0.25) is 0 Å². The average molecular weight is 400 g/mol. The minimum absolute atomic E-state index is 0. The van der Waals surface area contributed by atoms with E-state index in [-0.39, 0.29) is 54.8 Å². The summed E-state index contributed by atoms with van der Waals surface area (Å²) in [6.07, 6.45) is 7.22. The van der Waals surface area contributed by atoms with Crippen LogP contribution in [0, 0.1) is 23.2 Å². The van der Waals surface area contributed by atoms with Gasteiger partial charge in [-0.1, -0.05) is 0 Å². The molecule has 4 heteroatoms. The smallest absolute Gasteiger partial charge is 0.312 e. The van der Waals surface area contributed by atoms with Gasteiger partial charge in [-0.25, -0.2) is 0 Å². The summed E-state index contributed by atoms with van der Waals surface area (Å²) < 4.78 is 5.27. The topological polar surface area (TPSA) is 26.3 Å². The molecule has 4 aliphatic rings. The van der Waals surface area contributed by atoms with Crippen LogP contribution in [0.1, 0.15) is 45.4 Å². The largest absolute Gasteiger partial charge is 1.00 e. The van der Waals surface area contributed by atoms with Gasteiger partial charge in [0.05, 0.1) is 12.0 Å². The van der Waals surface area contributed by atoms with Crippen molar-refractivity contribution in [3.05, 3.63) is 5.92 Å². The number of ether oxygens (including phenoxy) is 1.